The van der Waals surface area contributed by atoms with Gasteiger partial charge >= 0.3 is 0 Å². The summed E-state index contributed by atoms with van der Waals surface area (Å²) in [5.74, 6) is 21.6. The lowest BCUT2D eigenvalue weighted by Crippen LogP contribution is -2.16. The fourth-order valence-electron chi connectivity index (χ4n) is 2.17. The van der Waals surface area contributed by atoms with Gasteiger partial charge in [0.05, 0.1) is 0 Å². The highest BCUT2D eigenvalue weighted by molar-refractivity contribution is 5.98. The molecule has 112 valence electrons. The third kappa shape index (κ3) is 5.25. The maximum atomic E-state index is 5.41. The van der Waals surface area contributed by atoms with Crippen molar-refractivity contribution < 1.29 is 0 Å². The van der Waals surface area contributed by atoms with Gasteiger partial charge in [0.1, 0.15) is 0 Å². The molecule has 1 aliphatic carbocycles. The molecule has 8 heteroatoms. The Kier molecular flexibility index (Phi) is 7.08. The van der Waals surface area contributed by atoms with Crippen LogP contribution < -0.4 is 23.4 Å². The van der Waals surface area contributed by atoms with Crippen LogP contribution in [0.1, 0.15) is 51.4 Å². The topological polar surface area (TPSA) is 154 Å². The summed E-state index contributed by atoms with van der Waals surface area (Å²) in [5, 5.41) is 15.3. The summed E-state index contributed by atoms with van der Waals surface area (Å²) in [5.41, 5.74) is 3.72. The van der Waals surface area contributed by atoms with Crippen LogP contribution in [-0.4, -0.2) is 22.8 Å². The summed E-state index contributed by atoms with van der Waals surface area (Å²) in [6.45, 7) is 0. The monoisotopic (exact) mass is 280 g/mol. The SMILES string of the molecule is NN=C1CCC(=NN)CCC(=NN)CCC(=NN)CC1. The second-order valence-corrected chi connectivity index (χ2v) is 4.78. The van der Waals surface area contributed by atoms with Gasteiger partial charge < -0.3 is 23.4 Å². The molecule has 0 aromatic rings. The van der Waals surface area contributed by atoms with Crippen LogP contribution in [0.15, 0.2) is 20.4 Å². The Hall–Kier alpha value is -2.12. The Morgan fingerprint density at radius 1 is 0.400 bits per heavy atom. The summed E-state index contributed by atoms with van der Waals surface area (Å²) in [7, 11) is 0. The molecular formula is C12H24N8. The first-order valence-corrected chi connectivity index (χ1v) is 6.76. The van der Waals surface area contributed by atoms with Crippen molar-refractivity contribution >= 4 is 22.8 Å². The Bertz CT molecular complexity index is 317. The lowest BCUT2D eigenvalue weighted by Gasteiger charge is -2.12. The van der Waals surface area contributed by atoms with Crippen LogP contribution in [0.25, 0.3) is 0 Å². The molecule has 0 saturated heterocycles. The molecule has 1 aliphatic rings. The molecule has 0 radical (unpaired) electrons. The Labute approximate surface area is 119 Å². The summed E-state index contributed by atoms with van der Waals surface area (Å²) in [6.07, 6.45) is 6.00. The second-order valence-electron chi connectivity index (χ2n) is 4.78. The molecule has 0 bridgehead atoms. The van der Waals surface area contributed by atoms with Crippen LogP contribution in [0.4, 0.5) is 0 Å². The van der Waals surface area contributed by atoms with Gasteiger partial charge in [-0.05, 0) is 51.4 Å². The Morgan fingerprint density at radius 3 is 0.650 bits per heavy atom. The average Bonchev–Trinajstić information content (AvgIpc) is 2.48. The van der Waals surface area contributed by atoms with Crippen molar-refractivity contribution in [3.8, 4) is 0 Å². The number of hydrogen-bond acceptors (Lipinski definition) is 8. The van der Waals surface area contributed by atoms with Crippen molar-refractivity contribution in [2.24, 2.45) is 43.8 Å². The van der Waals surface area contributed by atoms with E-state index in [4.69, 9.17) is 23.4 Å². The minimum absolute atomic E-state index is 0.749. The molecule has 20 heavy (non-hydrogen) atoms. The predicted octanol–water partition coefficient (Wildman–Crippen LogP) is 0.380. The fourth-order valence-corrected chi connectivity index (χ4v) is 2.17. The molecule has 1 saturated carbocycles. The lowest BCUT2D eigenvalue weighted by molar-refractivity contribution is 0.921. The lowest BCUT2D eigenvalue weighted by atomic mass is 9.97. The molecule has 1 fully saturated rings. The minimum Gasteiger partial charge on any atom is -0.323 e. The quantitative estimate of drug-likeness (QED) is 0.374. The van der Waals surface area contributed by atoms with E-state index in [2.05, 4.69) is 20.4 Å². The van der Waals surface area contributed by atoms with Crippen molar-refractivity contribution in [1.82, 2.24) is 0 Å². The van der Waals surface area contributed by atoms with Crippen LogP contribution in [0.5, 0.6) is 0 Å². The molecule has 0 aromatic heterocycles. The summed E-state index contributed by atoms with van der Waals surface area (Å²) >= 11 is 0. The highest BCUT2D eigenvalue weighted by atomic mass is 15.1. The molecule has 8 nitrogen and oxygen atoms in total. The molecule has 0 aliphatic heterocycles. The largest absolute Gasteiger partial charge is 0.323 e. The van der Waals surface area contributed by atoms with E-state index in [1.165, 1.54) is 0 Å². The zero-order chi connectivity index (χ0) is 14.8. The van der Waals surface area contributed by atoms with Crippen LogP contribution >= 0.6 is 0 Å². The van der Waals surface area contributed by atoms with Gasteiger partial charge in [-0.2, -0.15) is 20.4 Å². The van der Waals surface area contributed by atoms with Crippen molar-refractivity contribution in [2.75, 3.05) is 0 Å². The molecule has 0 amide bonds. The smallest absolute Gasteiger partial charge is 0.0383 e. The summed E-state index contributed by atoms with van der Waals surface area (Å²) < 4.78 is 0. The van der Waals surface area contributed by atoms with E-state index in [1.54, 1.807) is 0 Å². The Balaban J connectivity index is 2.79. The van der Waals surface area contributed by atoms with E-state index in [9.17, 15) is 0 Å². The van der Waals surface area contributed by atoms with Gasteiger partial charge in [-0.25, -0.2) is 0 Å². The van der Waals surface area contributed by atoms with Gasteiger partial charge in [-0.1, -0.05) is 0 Å². The third-order valence-corrected chi connectivity index (χ3v) is 3.54. The number of nitrogens with zero attached hydrogens (tertiary/aromatic N) is 4. The maximum absolute atomic E-state index is 5.41. The first-order valence-electron chi connectivity index (χ1n) is 6.76. The molecule has 0 spiro atoms. The molecular weight excluding hydrogens is 256 g/mol. The van der Waals surface area contributed by atoms with Crippen LogP contribution in [0.3, 0.4) is 0 Å². The Morgan fingerprint density at radius 2 is 0.550 bits per heavy atom. The van der Waals surface area contributed by atoms with Gasteiger partial charge in [0.15, 0.2) is 0 Å². The van der Waals surface area contributed by atoms with E-state index >= 15 is 0 Å². The maximum Gasteiger partial charge on any atom is 0.0383 e. The molecule has 0 atom stereocenters. The number of hydrogen-bond donors (Lipinski definition) is 4. The van der Waals surface area contributed by atoms with E-state index < -0.39 is 0 Å². The minimum atomic E-state index is 0.749. The molecule has 0 heterocycles. The van der Waals surface area contributed by atoms with Crippen LogP contribution in [0.2, 0.25) is 0 Å². The molecule has 8 N–H and O–H groups in total. The van der Waals surface area contributed by atoms with Crippen molar-refractivity contribution in [3.05, 3.63) is 0 Å². The number of nitrogens with two attached hydrogens (primary N) is 4. The summed E-state index contributed by atoms with van der Waals surface area (Å²) in [4.78, 5) is 0. The normalized spacial score (nSPS) is 18.8. The zero-order valence-corrected chi connectivity index (χ0v) is 11.8. The van der Waals surface area contributed by atoms with Gasteiger partial charge in [-0.3, -0.25) is 0 Å². The first kappa shape index (κ1) is 15.9. The highest BCUT2D eigenvalue weighted by Gasteiger charge is 2.12. The van der Waals surface area contributed by atoms with Gasteiger partial charge in [-0.15, -0.1) is 0 Å². The fraction of sp³-hybridized carbons (Fsp3) is 0.667. The number of hydrazone groups is 4. The number of rotatable bonds is 0. The van der Waals surface area contributed by atoms with Crippen LogP contribution in [0, 0.1) is 0 Å². The van der Waals surface area contributed by atoms with E-state index in [0.717, 1.165) is 74.2 Å². The van der Waals surface area contributed by atoms with Crippen molar-refractivity contribution in [3.63, 3.8) is 0 Å². The molecule has 0 unspecified atom stereocenters. The van der Waals surface area contributed by atoms with E-state index in [0.29, 0.717) is 0 Å². The van der Waals surface area contributed by atoms with Gasteiger partial charge in [0.25, 0.3) is 0 Å². The standard InChI is InChI=1S/C12H24N8/c13-17-9-1-2-10(18-14)5-6-12(20-16)8-7-11(19-15)4-3-9/h1-8,13-16H2. The average molecular weight is 280 g/mol. The molecule has 0 aromatic carbocycles. The third-order valence-electron chi connectivity index (χ3n) is 3.54. The van der Waals surface area contributed by atoms with Crippen molar-refractivity contribution in [1.29, 1.82) is 0 Å². The summed E-state index contributed by atoms with van der Waals surface area (Å²) in [6, 6.07) is 0. The van der Waals surface area contributed by atoms with Gasteiger partial charge in [0.2, 0.25) is 0 Å². The van der Waals surface area contributed by atoms with Gasteiger partial charge in [0, 0.05) is 22.8 Å². The van der Waals surface area contributed by atoms with E-state index in [-0.39, 0.29) is 0 Å². The van der Waals surface area contributed by atoms with Crippen LogP contribution in [-0.2, 0) is 0 Å². The zero-order valence-electron chi connectivity index (χ0n) is 11.8. The highest BCUT2D eigenvalue weighted by Crippen LogP contribution is 2.12. The van der Waals surface area contributed by atoms with Crippen molar-refractivity contribution in [2.45, 2.75) is 51.4 Å². The molecule has 1 rings (SSSR count). The predicted molar refractivity (Wildman–Crippen MR) is 83.4 cm³/mol. The van der Waals surface area contributed by atoms with E-state index in [1.807, 2.05) is 0 Å². The first-order chi connectivity index (χ1) is 9.73. The second kappa shape index (κ2) is 8.89.